The van der Waals surface area contributed by atoms with E-state index in [1.807, 2.05) is 12.3 Å². The third kappa shape index (κ3) is 4.59. The lowest BCUT2D eigenvalue weighted by Gasteiger charge is -2.37. The van der Waals surface area contributed by atoms with Crippen molar-refractivity contribution in [2.24, 2.45) is 5.92 Å². The van der Waals surface area contributed by atoms with Crippen LogP contribution in [0.25, 0.3) is 0 Å². The molecule has 1 fully saturated rings. The Bertz CT molecular complexity index is 349. The minimum atomic E-state index is 0.520. The third-order valence-electron chi connectivity index (χ3n) is 3.89. The van der Waals surface area contributed by atoms with Crippen molar-refractivity contribution in [3.63, 3.8) is 0 Å². The van der Waals surface area contributed by atoms with Gasteiger partial charge in [-0.25, -0.2) is 0 Å². The summed E-state index contributed by atoms with van der Waals surface area (Å²) in [7, 11) is 0. The van der Waals surface area contributed by atoms with Crippen molar-refractivity contribution >= 4 is 0 Å². The highest BCUT2D eigenvalue weighted by atomic mass is 16.5. The van der Waals surface area contributed by atoms with Crippen molar-refractivity contribution < 1.29 is 4.74 Å². The van der Waals surface area contributed by atoms with Crippen molar-refractivity contribution in [2.45, 2.75) is 51.7 Å². The molecular formula is C16H26N2O. The quantitative estimate of drug-likeness (QED) is 0.782. The van der Waals surface area contributed by atoms with Gasteiger partial charge in [0.05, 0.1) is 6.10 Å². The molecular weight excluding hydrogens is 236 g/mol. The molecule has 1 aliphatic carbocycles. The normalized spacial score (nSPS) is 23.9. The summed E-state index contributed by atoms with van der Waals surface area (Å²) >= 11 is 0. The van der Waals surface area contributed by atoms with Gasteiger partial charge in [0.2, 0.25) is 0 Å². The molecule has 0 aromatic carbocycles. The van der Waals surface area contributed by atoms with Crippen LogP contribution in [-0.4, -0.2) is 30.3 Å². The summed E-state index contributed by atoms with van der Waals surface area (Å²) in [5.74, 6) is 0.823. The molecule has 1 aromatic rings. The first-order chi connectivity index (χ1) is 9.31. The van der Waals surface area contributed by atoms with E-state index in [0.717, 1.165) is 25.5 Å². The molecule has 2 rings (SSSR count). The SMILES string of the molecule is CCNC(Cc1ccccn1)CC1CC(OCC)C1. The predicted molar refractivity (Wildman–Crippen MR) is 78.2 cm³/mol. The van der Waals surface area contributed by atoms with Gasteiger partial charge < -0.3 is 10.1 Å². The van der Waals surface area contributed by atoms with Crippen molar-refractivity contribution in [2.75, 3.05) is 13.2 Å². The number of pyridine rings is 1. The van der Waals surface area contributed by atoms with Gasteiger partial charge in [0.1, 0.15) is 0 Å². The van der Waals surface area contributed by atoms with Gasteiger partial charge in [-0.15, -0.1) is 0 Å². The average molecular weight is 262 g/mol. The molecule has 19 heavy (non-hydrogen) atoms. The van der Waals surface area contributed by atoms with Crippen molar-refractivity contribution in [1.82, 2.24) is 10.3 Å². The molecule has 0 radical (unpaired) electrons. The third-order valence-corrected chi connectivity index (χ3v) is 3.89. The Labute approximate surface area is 116 Å². The van der Waals surface area contributed by atoms with E-state index >= 15 is 0 Å². The fourth-order valence-corrected chi connectivity index (χ4v) is 2.94. The van der Waals surface area contributed by atoms with Crippen molar-refractivity contribution in [3.8, 4) is 0 Å². The smallest absolute Gasteiger partial charge is 0.0580 e. The summed E-state index contributed by atoms with van der Waals surface area (Å²) in [6, 6.07) is 6.71. The molecule has 106 valence electrons. The van der Waals surface area contributed by atoms with Crippen LogP contribution in [0.2, 0.25) is 0 Å². The monoisotopic (exact) mass is 262 g/mol. The molecule has 0 spiro atoms. The minimum Gasteiger partial charge on any atom is -0.378 e. The van der Waals surface area contributed by atoms with Crippen LogP contribution >= 0.6 is 0 Å². The maximum Gasteiger partial charge on any atom is 0.0580 e. The Morgan fingerprint density at radius 1 is 1.37 bits per heavy atom. The van der Waals surface area contributed by atoms with Gasteiger partial charge in [-0.2, -0.15) is 0 Å². The first-order valence-corrected chi connectivity index (χ1v) is 7.56. The summed E-state index contributed by atoms with van der Waals surface area (Å²) in [5.41, 5.74) is 1.19. The lowest BCUT2D eigenvalue weighted by atomic mass is 9.77. The summed E-state index contributed by atoms with van der Waals surface area (Å²) in [5, 5.41) is 3.60. The second-order valence-electron chi connectivity index (χ2n) is 5.43. The highest BCUT2D eigenvalue weighted by Crippen LogP contribution is 2.33. The van der Waals surface area contributed by atoms with E-state index < -0.39 is 0 Å². The number of likely N-dealkylation sites (N-methyl/N-ethyl adjacent to an activating group) is 1. The van der Waals surface area contributed by atoms with E-state index in [1.54, 1.807) is 0 Å². The zero-order valence-corrected chi connectivity index (χ0v) is 12.1. The first kappa shape index (κ1) is 14.5. The summed E-state index contributed by atoms with van der Waals surface area (Å²) in [6.07, 6.45) is 7.15. The lowest BCUT2D eigenvalue weighted by Crippen LogP contribution is -2.39. The van der Waals surface area contributed by atoms with Gasteiger partial charge in [-0.05, 0) is 50.8 Å². The van der Waals surface area contributed by atoms with Crippen LogP contribution in [-0.2, 0) is 11.2 Å². The number of hydrogen-bond acceptors (Lipinski definition) is 3. The van der Waals surface area contributed by atoms with Gasteiger partial charge in [-0.1, -0.05) is 13.0 Å². The van der Waals surface area contributed by atoms with Crippen LogP contribution in [0.3, 0.4) is 0 Å². The Morgan fingerprint density at radius 3 is 2.84 bits per heavy atom. The van der Waals surface area contributed by atoms with E-state index in [1.165, 1.54) is 25.0 Å². The molecule has 1 saturated carbocycles. The second-order valence-corrected chi connectivity index (χ2v) is 5.43. The number of rotatable bonds is 8. The molecule has 1 aliphatic rings. The molecule has 0 bridgehead atoms. The Morgan fingerprint density at radius 2 is 2.21 bits per heavy atom. The number of ether oxygens (including phenoxy) is 1. The zero-order chi connectivity index (χ0) is 13.5. The average Bonchev–Trinajstić information content (AvgIpc) is 2.38. The Hall–Kier alpha value is -0.930. The second kappa shape index (κ2) is 7.61. The first-order valence-electron chi connectivity index (χ1n) is 7.56. The Kier molecular flexibility index (Phi) is 5.80. The summed E-state index contributed by atoms with van der Waals surface area (Å²) in [4.78, 5) is 4.43. The molecule has 1 aromatic heterocycles. The van der Waals surface area contributed by atoms with E-state index in [0.29, 0.717) is 12.1 Å². The molecule has 1 unspecified atom stereocenters. The van der Waals surface area contributed by atoms with Gasteiger partial charge in [0, 0.05) is 31.0 Å². The highest BCUT2D eigenvalue weighted by molar-refractivity contribution is 5.05. The zero-order valence-electron chi connectivity index (χ0n) is 12.1. The topological polar surface area (TPSA) is 34.2 Å². The lowest BCUT2D eigenvalue weighted by molar-refractivity contribution is -0.0290. The van der Waals surface area contributed by atoms with Gasteiger partial charge in [0.15, 0.2) is 0 Å². The molecule has 1 atom stereocenters. The maximum absolute atomic E-state index is 5.64. The fraction of sp³-hybridized carbons (Fsp3) is 0.688. The van der Waals surface area contributed by atoms with Crippen molar-refractivity contribution in [3.05, 3.63) is 30.1 Å². The molecule has 0 saturated heterocycles. The van der Waals surface area contributed by atoms with E-state index in [9.17, 15) is 0 Å². The fourth-order valence-electron chi connectivity index (χ4n) is 2.94. The Balaban J connectivity index is 1.77. The summed E-state index contributed by atoms with van der Waals surface area (Å²) in [6.45, 7) is 6.13. The van der Waals surface area contributed by atoms with Crippen LogP contribution in [0.5, 0.6) is 0 Å². The van der Waals surface area contributed by atoms with E-state index in [-0.39, 0.29) is 0 Å². The van der Waals surface area contributed by atoms with Crippen LogP contribution in [0.15, 0.2) is 24.4 Å². The molecule has 0 aliphatic heterocycles. The number of nitrogens with zero attached hydrogens (tertiary/aromatic N) is 1. The molecule has 3 nitrogen and oxygen atoms in total. The molecule has 1 N–H and O–H groups in total. The number of hydrogen-bond donors (Lipinski definition) is 1. The largest absolute Gasteiger partial charge is 0.378 e. The van der Waals surface area contributed by atoms with E-state index in [4.69, 9.17) is 4.74 Å². The molecule has 3 heteroatoms. The van der Waals surface area contributed by atoms with E-state index in [2.05, 4.69) is 36.3 Å². The number of aromatic nitrogens is 1. The van der Waals surface area contributed by atoms with Gasteiger partial charge in [0.25, 0.3) is 0 Å². The van der Waals surface area contributed by atoms with Gasteiger partial charge >= 0.3 is 0 Å². The van der Waals surface area contributed by atoms with Gasteiger partial charge in [-0.3, -0.25) is 4.98 Å². The predicted octanol–water partition coefficient (Wildman–Crippen LogP) is 2.81. The highest BCUT2D eigenvalue weighted by Gasteiger charge is 2.31. The van der Waals surface area contributed by atoms with Crippen LogP contribution in [0, 0.1) is 5.92 Å². The van der Waals surface area contributed by atoms with Crippen LogP contribution in [0.1, 0.15) is 38.8 Å². The number of nitrogens with one attached hydrogen (secondary N) is 1. The standard InChI is InChI=1S/C16H26N2O/c1-3-17-15(12-14-7-5-6-8-18-14)9-13-10-16(11-13)19-4-2/h5-8,13,15-17H,3-4,9-12H2,1-2H3. The van der Waals surface area contributed by atoms with Crippen LogP contribution in [0.4, 0.5) is 0 Å². The molecule has 1 heterocycles. The minimum absolute atomic E-state index is 0.520. The maximum atomic E-state index is 5.64. The summed E-state index contributed by atoms with van der Waals surface area (Å²) < 4.78 is 5.64. The molecule has 0 amide bonds. The van der Waals surface area contributed by atoms with Crippen LogP contribution < -0.4 is 5.32 Å². The van der Waals surface area contributed by atoms with Crippen molar-refractivity contribution in [1.29, 1.82) is 0 Å².